The van der Waals surface area contributed by atoms with E-state index in [2.05, 4.69) is 63.1 Å². The second-order valence-electron chi connectivity index (χ2n) is 7.90. The summed E-state index contributed by atoms with van der Waals surface area (Å²) in [4.78, 5) is 0. The summed E-state index contributed by atoms with van der Waals surface area (Å²) in [7, 11) is -2.62. The van der Waals surface area contributed by atoms with E-state index in [9.17, 15) is 0 Å². The molecule has 2 aliphatic carbocycles. The first-order chi connectivity index (χ1) is 10.3. The molecule has 0 saturated heterocycles. The Kier molecular flexibility index (Phi) is 11.2. The van der Waals surface area contributed by atoms with E-state index in [0.29, 0.717) is 0 Å². The van der Waals surface area contributed by atoms with Crippen LogP contribution in [0.2, 0.25) is 38.8 Å². The third-order valence-electron chi connectivity index (χ3n) is 4.22. The summed E-state index contributed by atoms with van der Waals surface area (Å²) in [5, 5.41) is 1.79. The molecule has 0 bridgehead atoms. The molecule has 0 aromatic carbocycles. The molecule has 0 heterocycles. The minimum atomic E-state index is -1.34. The van der Waals surface area contributed by atoms with Crippen LogP contribution in [0.15, 0.2) is 42.1 Å². The van der Waals surface area contributed by atoms with Crippen molar-refractivity contribution in [3.05, 3.63) is 42.1 Å². The van der Waals surface area contributed by atoms with E-state index >= 15 is 0 Å². The van der Waals surface area contributed by atoms with Gasteiger partial charge < -0.3 is 24.8 Å². The van der Waals surface area contributed by atoms with Crippen LogP contribution in [0, 0.1) is 0 Å². The normalized spacial score (nSPS) is 16.6. The Morgan fingerprint density at radius 2 is 1.75 bits per heavy atom. The van der Waals surface area contributed by atoms with E-state index in [-0.39, 0.29) is 24.8 Å². The average Bonchev–Trinajstić information content (AvgIpc) is 3.06. The molecule has 0 aromatic rings. The van der Waals surface area contributed by atoms with Crippen LogP contribution >= 0.6 is 0 Å². The van der Waals surface area contributed by atoms with Crippen molar-refractivity contribution in [2.24, 2.45) is 0 Å². The zero-order valence-electron chi connectivity index (χ0n) is 15.6. The minimum absolute atomic E-state index is 0. The van der Waals surface area contributed by atoms with Gasteiger partial charge in [0.1, 0.15) is 0 Å². The topological polar surface area (TPSA) is 9.23 Å². The molecule has 0 amide bonds. The van der Waals surface area contributed by atoms with E-state index in [4.69, 9.17) is 4.43 Å². The predicted molar refractivity (Wildman–Crippen MR) is 98.8 cm³/mol. The van der Waals surface area contributed by atoms with Crippen molar-refractivity contribution in [1.29, 1.82) is 0 Å². The van der Waals surface area contributed by atoms with E-state index in [0.717, 1.165) is 6.61 Å². The number of allylic oxidation sites excluding steroid dienone is 8. The van der Waals surface area contributed by atoms with Crippen LogP contribution in [-0.4, -0.2) is 23.0 Å². The fourth-order valence-corrected chi connectivity index (χ4v) is 12.4. The summed E-state index contributed by atoms with van der Waals surface area (Å²) in [6.45, 7) is 12.9. The van der Waals surface area contributed by atoms with Gasteiger partial charge in [0.2, 0.25) is 0 Å². The molecular weight excluding hydrogens is 450 g/mol. The second kappa shape index (κ2) is 10.8. The van der Waals surface area contributed by atoms with Gasteiger partial charge in [0.15, 0.2) is 0 Å². The van der Waals surface area contributed by atoms with Crippen LogP contribution in [0.4, 0.5) is 0 Å². The van der Waals surface area contributed by atoms with Gasteiger partial charge in [-0.3, -0.25) is 0 Å². The van der Waals surface area contributed by atoms with Gasteiger partial charge in [0.25, 0.3) is 0 Å². The molecular formula is C18H30Cl2OSi2Zr. The second-order valence-corrected chi connectivity index (χ2v) is 20.9. The predicted octanol–water partition coefficient (Wildman–Crippen LogP) is -0.376. The minimum Gasteiger partial charge on any atom is -1.00 e. The molecule has 0 saturated carbocycles. The van der Waals surface area contributed by atoms with Crippen LogP contribution in [-0.2, 0) is 27.7 Å². The third-order valence-corrected chi connectivity index (χ3v) is 13.0. The number of hydrogen-bond donors (Lipinski definition) is 0. The van der Waals surface area contributed by atoms with Crippen molar-refractivity contribution in [3.63, 3.8) is 0 Å². The smallest absolute Gasteiger partial charge is 1.00 e. The Morgan fingerprint density at radius 3 is 2.33 bits per heavy atom. The van der Waals surface area contributed by atoms with Gasteiger partial charge in [-0.15, -0.1) is 0 Å². The first kappa shape index (κ1) is 24.8. The number of rotatable bonds is 8. The van der Waals surface area contributed by atoms with Crippen LogP contribution in [0.1, 0.15) is 19.3 Å². The van der Waals surface area contributed by atoms with E-state index < -0.39 is 39.6 Å². The number of hydrogen-bond acceptors (Lipinski definition) is 1. The zero-order chi connectivity index (χ0) is 16.2. The van der Waals surface area contributed by atoms with Crippen molar-refractivity contribution in [2.75, 3.05) is 6.61 Å². The van der Waals surface area contributed by atoms with Crippen molar-refractivity contribution in [1.82, 2.24) is 0 Å². The third kappa shape index (κ3) is 8.01. The molecule has 134 valence electrons. The number of halogens is 2. The van der Waals surface area contributed by atoms with Gasteiger partial charge in [-0.05, 0) is 0 Å². The maximum atomic E-state index is 6.04. The largest absolute Gasteiger partial charge is 1.00 e. The Labute approximate surface area is 174 Å². The maximum absolute atomic E-state index is 6.04. The standard InChI is InChI=1S/C13H25OSi2.C5H5.2ClH.Zr/c1-15(2,3)14-11-8-12-16(4,5)13-9-6-7-10-13;1-2-4-5-3-1;;;/h6,9H,7-8,11-12H2,1-5H3;1-3H,4H2;2*1H;/q;;;;+2/p-2. The van der Waals surface area contributed by atoms with Crippen LogP contribution in [0.25, 0.3) is 0 Å². The van der Waals surface area contributed by atoms with Gasteiger partial charge in [0, 0.05) is 0 Å². The van der Waals surface area contributed by atoms with E-state index in [1.807, 2.05) is 3.28 Å². The van der Waals surface area contributed by atoms with Crippen LogP contribution in [0.3, 0.4) is 0 Å². The fraction of sp³-hybridized carbons (Fsp3) is 0.556. The molecule has 2 aliphatic rings. The molecule has 0 spiro atoms. The Balaban J connectivity index is 0.00000264. The van der Waals surface area contributed by atoms with Gasteiger partial charge in [-0.2, -0.15) is 0 Å². The average molecular weight is 481 g/mol. The van der Waals surface area contributed by atoms with Crippen LogP contribution < -0.4 is 24.8 Å². The summed E-state index contributed by atoms with van der Waals surface area (Å²) >= 11 is -0.497. The van der Waals surface area contributed by atoms with Crippen LogP contribution in [0.5, 0.6) is 0 Å². The molecule has 0 aliphatic heterocycles. The summed E-state index contributed by atoms with van der Waals surface area (Å²) in [6.07, 6.45) is 15.6. The summed E-state index contributed by atoms with van der Waals surface area (Å²) < 4.78 is 9.66. The summed E-state index contributed by atoms with van der Waals surface area (Å²) in [5.41, 5.74) is 0. The van der Waals surface area contributed by atoms with Gasteiger partial charge in [-0.25, -0.2) is 0 Å². The van der Waals surface area contributed by atoms with Crippen molar-refractivity contribution >= 4 is 16.4 Å². The molecule has 6 heteroatoms. The van der Waals surface area contributed by atoms with E-state index in [1.165, 1.54) is 25.3 Å². The quantitative estimate of drug-likeness (QED) is 0.340. The molecule has 0 radical (unpaired) electrons. The maximum Gasteiger partial charge on any atom is -1.00 e. The first-order valence-corrected chi connectivity index (χ1v) is 17.5. The monoisotopic (exact) mass is 478 g/mol. The molecule has 0 atom stereocenters. The first-order valence-electron chi connectivity index (χ1n) is 8.45. The summed E-state index contributed by atoms with van der Waals surface area (Å²) in [6, 6.07) is 1.37. The zero-order valence-corrected chi connectivity index (χ0v) is 21.6. The van der Waals surface area contributed by atoms with Gasteiger partial charge in [0.05, 0.1) is 0 Å². The molecule has 0 unspecified atom stereocenters. The van der Waals surface area contributed by atoms with Crippen molar-refractivity contribution in [2.45, 2.75) is 58.0 Å². The Bertz CT molecular complexity index is 532. The van der Waals surface area contributed by atoms with E-state index in [1.54, 1.807) is 8.48 Å². The van der Waals surface area contributed by atoms with Gasteiger partial charge >= 0.3 is 151 Å². The Hall–Kier alpha value is 0.817. The summed E-state index contributed by atoms with van der Waals surface area (Å²) in [5.74, 6) is 0. The molecule has 0 fully saturated rings. The molecule has 0 N–H and O–H groups in total. The van der Waals surface area contributed by atoms with Crippen molar-refractivity contribution in [3.8, 4) is 0 Å². The molecule has 2 rings (SSSR count). The molecule has 0 aromatic heterocycles. The SMILES string of the molecule is C[Si](C)(C)OCCC[Si](C)(C)C1=[C]([Zr+2][C]2=CC=CC2)CC=C1.[Cl-].[Cl-]. The molecule has 24 heavy (non-hydrogen) atoms. The Morgan fingerprint density at radius 1 is 1.04 bits per heavy atom. The fourth-order valence-electron chi connectivity index (χ4n) is 3.02. The molecule has 1 nitrogen and oxygen atoms in total. The van der Waals surface area contributed by atoms with Crippen molar-refractivity contribution < 1.29 is 52.5 Å². The van der Waals surface area contributed by atoms with Gasteiger partial charge in [-0.1, -0.05) is 0 Å².